The Morgan fingerprint density at radius 1 is 0.886 bits per heavy atom. The van der Waals surface area contributed by atoms with Gasteiger partial charge in [0.15, 0.2) is 23.2 Å². The number of methoxy groups -OCH3 is 3. The van der Waals surface area contributed by atoms with E-state index < -0.39 is 23.5 Å². The van der Waals surface area contributed by atoms with Crippen molar-refractivity contribution in [1.29, 1.82) is 0 Å². The second-order valence-electron chi connectivity index (χ2n) is 7.81. The van der Waals surface area contributed by atoms with Gasteiger partial charge >= 0.3 is 0 Å². The van der Waals surface area contributed by atoms with Crippen molar-refractivity contribution in [3.05, 3.63) is 72.3 Å². The molecule has 0 saturated carbocycles. The largest absolute Gasteiger partial charge is 0.497 e. The Morgan fingerprint density at radius 3 is 2.09 bits per heavy atom. The zero-order valence-corrected chi connectivity index (χ0v) is 20.0. The van der Waals surface area contributed by atoms with Crippen molar-refractivity contribution in [2.75, 3.05) is 37.7 Å². The molecule has 0 saturated heterocycles. The zero-order chi connectivity index (χ0) is 25.1. The number of rotatable bonds is 7. The summed E-state index contributed by atoms with van der Waals surface area (Å²) < 4.78 is 16.0. The number of fused-ring (bicyclic) bond motifs is 1. The maximum Gasteiger partial charge on any atom is 0.252 e. The monoisotopic (exact) mass is 474 g/mol. The SMILES string of the molecule is CCN(C(=O)C1C(=O)c2cc(OC)c(OC)cc2N(c2ccc(OC)cc2)C1=O)c1ccccc1. The standard InChI is InChI=1S/C27H26N2O6/c1-5-28(17-9-7-6-8-10-17)26(31)24-25(30)20-15-22(34-3)23(35-4)16-21(20)29(27(24)32)18-11-13-19(33-2)14-12-18/h6-16,24H,5H2,1-4H3. The van der Waals surface area contributed by atoms with E-state index in [0.717, 1.165) is 0 Å². The van der Waals surface area contributed by atoms with E-state index in [2.05, 4.69) is 0 Å². The molecule has 2 amide bonds. The Morgan fingerprint density at radius 2 is 1.51 bits per heavy atom. The van der Waals surface area contributed by atoms with E-state index in [4.69, 9.17) is 14.2 Å². The minimum absolute atomic E-state index is 0.195. The van der Waals surface area contributed by atoms with Crippen LogP contribution in [0.4, 0.5) is 17.1 Å². The highest BCUT2D eigenvalue weighted by Crippen LogP contribution is 2.43. The van der Waals surface area contributed by atoms with E-state index in [-0.39, 0.29) is 5.56 Å². The molecule has 0 aromatic heterocycles. The third kappa shape index (κ3) is 4.19. The Labute approximate surface area is 203 Å². The summed E-state index contributed by atoms with van der Waals surface area (Å²) in [6.07, 6.45) is 0. The summed E-state index contributed by atoms with van der Waals surface area (Å²) in [5.74, 6) is -2.08. The molecule has 0 fully saturated rings. The number of anilines is 3. The second kappa shape index (κ2) is 9.89. The highest BCUT2D eigenvalue weighted by atomic mass is 16.5. The van der Waals surface area contributed by atoms with Crippen LogP contribution in [0.5, 0.6) is 17.2 Å². The van der Waals surface area contributed by atoms with Crippen molar-refractivity contribution in [3.63, 3.8) is 0 Å². The molecular formula is C27H26N2O6. The number of nitrogens with zero attached hydrogens (tertiary/aromatic N) is 2. The normalized spacial score (nSPS) is 14.9. The molecule has 0 N–H and O–H groups in total. The van der Waals surface area contributed by atoms with E-state index >= 15 is 0 Å². The van der Waals surface area contributed by atoms with E-state index in [9.17, 15) is 14.4 Å². The van der Waals surface area contributed by atoms with Crippen LogP contribution in [-0.2, 0) is 9.59 Å². The molecule has 1 heterocycles. The molecule has 180 valence electrons. The van der Waals surface area contributed by atoms with Crippen LogP contribution in [-0.4, -0.2) is 45.5 Å². The van der Waals surface area contributed by atoms with Crippen LogP contribution in [0.1, 0.15) is 17.3 Å². The Kier molecular flexibility index (Phi) is 6.73. The predicted molar refractivity (Wildman–Crippen MR) is 132 cm³/mol. The van der Waals surface area contributed by atoms with Gasteiger partial charge in [-0.1, -0.05) is 18.2 Å². The van der Waals surface area contributed by atoms with Crippen LogP contribution in [0, 0.1) is 5.92 Å². The zero-order valence-electron chi connectivity index (χ0n) is 20.0. The summed E-state index contributed by atoms with van der Waals surface area (Å²) in [7, 11) is 4.48. The molecule has 0 bridgehead atoms. The van der Waals surface area contributed by atoms with Crippen LogP contribution >= 0.6 is 0 Å². The van der Waals surface area contributed by atoms with Gasteiger partial charge in [-0.25, -0.2) is 0 Å². The average Bonchev–Trinajstić information content (AvgIpc) is 2.89. The number of carbonyl (C=O) groups is 3. The topological polar surface area (TPSA) is 85.4 Å². The van der Waals surface area contributed by atoms with Gasteiger partial charge in [-0.05, 0) is 49.4 Å². The first-order chi connectivity index (χ1) is 16.9. The molecule has 3 aromatic carbocycles. The van der Waals surface area contributed by atoms with Gasteiger partial charge in [0.2, 0.25) is 5.91 Å². The third-order valence-corrected chi connectivity index (χ3v) is 5.97. The number of benzene rings is 3. The number of amides is 2. The fourth-order valence-electron chi connectivity index (χ4n) is 4.21. The molecule has 4 rings (SSSR count). The summed E-state index contributed by atoms with van der Waals surface area (Å²) in [6.45, 7) is 2.09. The van der Waals surface area contributed by atoms with Crippen LogP contribution in [0.15, 0.2) is 66.7 Å². The highest BCUT2D eigenvalue weighted by molar-refractivity contribution is 6.34. The maximum absolute atomic E-state index is 13.9. The smallest absolute Gasteiger partial charge is 0.252 e. The first kappa shape index (κ1) is 23.8. The molecule has 1 unspecified atom stereocenters. The summed E-state index contributed by atoms with van der Waals surface area (Å²) in [5, 5.41) is 0. The Balaban J connectivity index is 1.88. The van der Waals surface area contributed by atoms with Crippen LogP contribution < -0.4 is 24.0 Å². The lowest BCUT2D eigenvalue weighted by atomic mass is 9.88. The maximum atomic E-state index is 13.9. The van der Waals surface area contributed by atoms with E-state index in [0.29, 0.717) is 40.9 Å². The van der Waals surface area contributed by atoms with E-state index in [1.54, 1.807) is 68.6 Å². The van der Waals surface area contributed by atoms with Gasteiger partial charge in [-0.3, -0.25) is 19.3 Å². The van der Waals surface area contributed by atoms with Gasteiger partial charge in [0, 0.05) is 29.5 Å². The molecule has 35 heavy (non-hydrogen) atoms. The van der Waals surface area contributed by atoms with Crippen molar-refractivity contribution < 1.29 is 28.6 Å². The third-order valence-electron chi connectivity index (χ3n) is 5.97. The fourth-order valence-corrected chi connectivity index (χ4v) is 4.21. The number of Topliss-reactive ketones (excluding diaryl/α,β-unsaturated/α-hetero) is 1. The molecule has 0 spiro atoms. The molecule has 1 aliphatic rings. The summed E-state index contributed by atoms with van der Waals surface area (Å²) in [4.78, 5) is 44.0. The van der Waals surface area contributed by atoms with Gasteiger partial charge in [-0.15, -0.1) is 0 Å². The van der Waals surface area contributed by atoms with Crippen molar-refractivity contribution in [3.8, 4) is 17.2 Å². The summed E-state index contributed by atoms with van der Waals surface area (Å²) >= 11 is 0. The van der Waals surface area contributed by atoms with Crippen LogP contribution in [0.25, 0.3) is 0 Å². The molecular weight excluding hydrogens is 448 g/mol. The molecule has 1 atom stereocenters. The second-order valence-corrected chi connectivity index (χ2v) is 7.81. The van der Waals surface area contributed by atoms with Gasteiger partial charge in [-0.2, -0.15) is 0 Å². The Hall–Kier alpha value is -4.33. The van der Waals surface area contributed by atoms with E-state index in [1.165, 1.54) is 30.1 Å². The number of carbonyl (C=O) groups excluding carboxylic acids is 3. The predicted octanol–water partition coefficient (Wildman–Crippen LogP) is 4.24. The van der Waals surface area contributed by atoms with Crippen molar-refractivity contribution in [1.82, 2.24) is 0 Å². The molecule has 3 aromatic rings. The lowest BCUT2D eigenvalue weighted by Crippen LogP contribution is -2.51. The van der Waals surface area contributed by atoms with Gasteiger partial charge in [0.25, 0.3) is 5.91 Å². The van der Waals surface area contributed by atoms with Crippen molar-refractivity contribution >= 4 is 34.7 Å². The summed E-state index contributed by atoms with van der Waals surface area (Å²) in [5.41, 5.74) is 1.60. The van der Waals surface area contributed by atoms with Gasteiger partial charge < -0.3 is 19.1 Å². The first-order valence-electron chi connectivity index (χ1n) is 11.1. The van der Waals surface area contributed by atoms with Crippen molar-refractivity contribution in [2.24, 2.45) is 5.92 Å². The lowest BCUT2D eigenvalue weighted by molar-refractivity contribution is -0.129. The lowest BCUT2D eigenvalue weighted by Gasteiger charge is -2.35. The van der Waals surface area contributed by atoms with E-state index in [1.807, 2.05) is 6.07 Å². The molecule has 0 aliphatic carbocycles. The van der Waals surface area contributed by atoms with Crippen molar-refractivity contribution in [2.45, 2.75) is 6.92 Å². The average molecular weight is 475 g/mol. The number of para-hydroxylation sites is 1. The Bertz CT molecular complexity index is 1260. The van der Waals surface area contributed by atoms with Gasteiger partial charge in [0.1, 0.15) is 5.75 Å². The molecule has 0 radical (unpaired) electrons. The number of ketones is 1. The van der Waals surface area contributed by atoms with Gasteiger partial charge in [0.05, 0.1) is 27.0 Å². The summed E-state index contributed by atoms with van der Waals surface area (Å²) in [6, 6.07) is 18.9. The minimum Gasteiger partial charge on any atom is -0.497 e. The minimum atomic E-state index is -1.55. The number of hydrogen-bond acceptors (Lipinski definition) is 6. The number of ether oxygens (including phenoxy) is 3. The highest BCUT2D eigenvalue weighted by Gasteiger charge is 2.46. The molecule has 8 heteroatoms. The van der Waals surface area contributed by atoms with Crippen LogP contribution in [0.3, 0.4) is 0 Å². The first-order valence-corrected chi connectivity index (χ1v) is 11.1. The number of hydrogen-bond donors (Lipinski definition) is 0. The molecule has 8 nitrogen and oxygen atoms in total. The molecule has 1 aliphatic heterocycles. The van der Waals surface area contributed by atoms with Crippen LogP contribution in [0.2, 0.25) is 0 Å². The quantitative estimate of drug-likeness (QED) is 0.476. The fraction of sp³-hybridized carbons (Fsp3) is 0.222.